The van der Waals surface area contributed by atoms with E-state index in [4.69, 9.17) is 0 Å². The number of nitrogens with zero attached hydrogens (tertiary/aromatic N) is 4. The molecular weight excluding hydrogens is 300 g/mol. The fourth-order valence-corrected chi connectivity index (χ4v) is 2.75. The van der Waals surface area contributed by atoms with Gasteiger partial charge in [-0.15, -0.1) is 0 Å². The van der Waals surface area contributed by atoms with Crippen LogP contribution < -0.4 is 0 Å². The molecule has 3 aromatic rings. The number of amides is 1. The summed E-state index contributed by atoms with van der Waals surface area (Å²) >= 11 is 0. The van der Waals surface area contributed by atoms with E-state index < -0.39 is 0 Å². The number of benzene rings is 1. The SMILES string of the molecule is Cc1c(C(=O)N(C)C)cnc2c(-c3ccc(C(C)C)cc3)cnn12. The van der Waals surface area contributed by atoms with E-state index in [0.717, 1.165) is 22.5 Å². The van der Waals surface area contributed by atoms with Crippen molar-refractivity contribution in [2.24, 2.45) is 0 Å². The monoisotopic (exact) mass is 322 g/mol. The van der Waals surface area contributed by atoms with Gasteiger partial charge in [-0.25, -0.2) is 9.50 Å². The molecule has 0 aliphatic heterocycles. The van der Waals surface area contributed by atoms with Crippen molar-refractivity contribution in [1.82, 2.24) is 19.5 Å². The van der Waals surface area contributed by atoms with Crippen LogP contribution in [0, 0.1) is 6.92 Å². The van der Waals surface area contributed by atoms with Crippen LogP contribution in [0.2, 0.25) is 0 Å². The maximum atomic E-state index is 12.2. The van der Waals surface area contributed by atoms with Gasteiger partial charge in [0.2, 0.25) is 0 Å². The highest BCUT2D eigenvalue weighted by Crippen LogP contribution is 2.26. The van der Waals surface area contributed by atoms with E-state index in [1.807, 2.05) is 13.1 Å². The van der Waals surface area contributed by atoms with Gasteiger partial charge < -0.3 is 4.90 Å². The van der Waals surface area contributed by atoms with E-state index in [-0.39, 0.29) is 5.91 Å². The fraction of sp³-hybridized carbons (Fsp3) is 0.316. The maximum absolute atomic E-state index is 12.2. The summed E-state index contributed by atoms with van der Waals surface area (Å²) in [7, 11) is 3.47. The van der Waals surface area contributed by atoms with E-state index in [9.17, 15) is 4.79 Å². The molecule has 0 fully saturated rings. The van der Waals surface area contributed by atoms with Gasteiger partial charge >= 0.3 is 0 Å². The smallest absolute Gasteiger partial charge is 0.256 e. The van der Waals surface area contributed by atoms with E-state index in [2.05, 4.69) is 48.2 Å². The Morgan fingerprint density at radius 2 is 1.79 bits per heavy atom. The largest absolute Gasteiger partial charge is 0.345 e. The van der Waals surface area contributed by atoms with Gasteiger partial charge in [0, 0.05) is 25.9 Å². The second-order valence-corrected chi connectivity index (χ2v) is 6.53. The van der Waals surface area contributed by atoms with Crippen LogP contribution in [0.4, 0.5) is 0 Å². The molecule has 0 saturated heterocycles. The molecule has 0 radical (unpaired) electrons. The summed E-state index contributed by atoms with van der Waals surface area (Å²) in [5.74, 6) is 0.433. The Morgan fingerprint density at radius 1 is 1.12 bits per heavy atom. The van der Waals surface area contributed by atoms with Crippen molar-refractivity contribution in [2.45, 2.75) is 26.7 Å². The Morgan fingerprint density at radius 3 is 2.38 bits per heavy atom. The fourth-order valence-electron chi connectivity index (χ4n) is 2.75. The normalized spacial score (nSPS) is 11.2. The van der Waals surface area contributed by atoms with Crippen molar-refractivity contribution in [3.63, 3.8) is 0 Å². The second-order valence-electron chi connectivity index (χ2n) is 6.53. The molecule has 1 amide bonds. The molecule has 0 saturated carbocycles. The predicted octanol–water partition coefficient (Wildman–Crippen LogP) is 3.53. The molecule has 3 rings (SSSR count). The molecule has 124 valence electrons. The van der Waals surface area contributed by atoms with Gasteiger partial charge in [0.05, 0.1) is 17.5 Å². The first-order chi connectivity index (χ1) is 11.4. The molecule has 1 aromatic carbocycles. The van der Waals surface area contributed by atoms with Crippen LogP contribution in [0.3, 0.4) is 0 Å². The molecule has 0 bridgehead atoms. The van der Waals surface area contributed by atoms with E-state index >= 15 is 0 Å². The van der Waals surface area contributed by atoms with Crippen molar-refractivity contribution >= 4 is 11.6 Å². The number of aryl methyl sites for hydroxylation is 1. The van der Waals surface area contributed by atoms with Gasteiger partial charge in [-0.2, -0.15) is 5.10 Å². The third kappa shape index (κ3) is 2.66. The Bertz CT molecular complexity index is 892. The third-order valence-corrected chi connectivity index (χ3v) is 4.29. The van der Waals surface area contributed by atoms with Crippen LogP contribution >= 0.6 is 0 Å². The van der Waals surface area contributed by atoms with Crippen molar-refractivity contribution in [3.05, 3.63) is 53.5 Å². The number of fused-ring (bicyclic) bond motifs is 1. The number of carbonyl (C=O) groups is 1. The predicted molar refractivity (Wildman–Crippen MR) is 95.3 cm³/mol. The zero-order valence-electron chi connectivity index (χ0n) is 14.7. The van der Waals surface area contributed by atoms with Gasteiger partial charge in [0.15, 0.2) is 5.65 Å². The van der Waals surface area contributed by atoms with Crippen LogP contribution in [-0.2, 0) is 0 Å². The quantitative estimate of drug-likeness (QED) is 0.741. The van der Waals surface area contributed by atoms with E-state index in [1.165, 1.54) is 5.56 Å². The summed E-state index contributed by atoms with van der Waals surface area (Å²) in [4.78, 5) is 18.3. The molecule has 0 spiro atoms. The summed E-state index contributed by atoms with van der Waals surface area (Å²) in [6.45, 7) is 6.25. The minimum atomic E-state index is -0.0692. The van der Waals surface area contributed by atoms with E-state index in [1.54, 1.807) is 29.7 Å². The van der Waals surface area contributed by atoms with Crippen LogP contribution in [-0.4, -0.2) is 39.5 Å². The van der Waals surface area contributed by atoms with E-state index in [0.29, 0.717) is 11.5 Å². The average molecular weight is 322 g/mol. The molecule has 2 heterocycles. The van der Waals surface area contributed by atoms with Crippen LogP contribution in [0.25, 0.3) is 16.8 Å². The molecule has 0 unspecified atom stereocenters. The zero-order valence-corrected chi connectivity index (χ0v) is 14.7. The lowest BCUT2D eigenvalue weighted by molar-refractivity contribution is 0.0825. The number of hydrogen-bond donors (Lipinski definition) is 0. The number of carbonyl (C=O) groups excluding carboxylic acids is 1. The van der Waals surface area contributed by atoms with Crippen LogP contribution in [0.1, 0.15) is 41.4 Å². The lowest BCUT2D eigenvalue weighted by atomic mass is 10.00. The highest BCUT2D eigenvalue weighted by molar-refractivity contribution is 5.95. The minimum Gasteiger partial charge on any atom is -0.345 e. The number of hydrogen-bond acceptors (Lipinski definition) is 3. The molecule has 5 nitrogen and oxygen atoms in total. The lowest BCUT2D eigenvalue weighted by Crippen LogP contribution is -2.23. The topological polar surface area (TPSA) is 50.5 Å². The summed E-state index contributed by atoms with van der Waals surface area (Å²) in [6, 6.07) is 8.48. The van der Waals surface area contributed by atoms with Gasteiger partial charge in [-0.1, -0.05) is 38.1 Å². The highest BCUT2D eigenvalue weighted by Gasteiger charge is 2.17. The van der Waals surface area contributed by atoms with Gasteiger partial charge in [-0.3, -0.25) is 4.79 Å². The molecule has 0 aliphatic carbocycles. The minimum absolute atomic E-state index is 0.0692. The molecular formula is C19H22N4O. The summed E-state index contributed by atoms with van der Waals surface area (Å²) in [5.41, 5.74) is 5.48. The van der Waals surface area contributed by atoms with Crippen molar-refractivity contribution in [3.8, 4) is 11.1 Å². The molecule has 0 aliphatic rings. The summed E-state index contributed by atoms with van der Waals surface area (Å²) < 4.78 is 1.74. The van der Waals surface area contributed by atoms with Gasteiger partial charge in [0.1, 0.15) is 0 Å². The molecule has 0 N–H and O–H groups in total. The Kier molecular flexibility index (Phi) is 4.09. The Balaban J connectivity index is 2.08. The van der Waals surface area contributed by atoms with Crippen molar-refractivity contribution < 1.29 is 4.79 Å². The van der Waals surface area contributed by atoms with Crippen LogP contribution in [0.15, 0.2) is 36.7 Å². The average Bonchev–Trinajstić information content (AvgIpc) is 2.99. The first kappa shape index (κ1) is 16.2. The molecule has 2 aromatic heterocycles. The molecule has 5 heteroatoms. The summed E-state index contributed by atoms with van der Waals surface area (Å²) in [6.07, 6.45) is 3.45. The first-order valence-electron chi connectivity index (χ1n) is 8.05. The summed E-state index contributed by atoms with van der Waals surface area (Å²) in [5, 5.41) is 4.44. The van der Waals surface area contributed by atoms with Gasteiger partial charge in [-0.05, 0) is 24.0 Å². The van der Waals surface area contributed by atoms with Crippen molar-refractivity contribution in [1.29, 1.82) is 0 Å². The number of rotatable bonds is 3. The Hall–Kier alpha value is -2.69. The van der Waals surface area contributed by atoms with Gasteiger partial charge in [0.25, 0.3) is 5.91 Å². The lowest BCUT2D eigenvalue weighted by Gasteiger charge is -2.12. The van der Waals surface area contributed by atoms with Crippen molar-refractivity contribution in [2.75, 3.05) is 14.1 Å². The first-order valence-corrected chi connectivity index (χ1v) is 8.05. The number of aromatic nitrogens is 3. The standard InChI is InChI=1S/C19H22N4O/c1-12(2)14-6-8-15(9-7-14)17-11-21-23-13(3)16(10-20-18(17)23)19(24)22(4)5/h6-12H,1-5H3. The molecule has 0 atom stereocenters. The molecule has 24 heavy (non-hydrogen) atoms. The zero-order chi connectivity index (χ0) is 17.4. The second kappa shape index (κ2) is 6.07. The maximum Gasteiger partial charge on any atom is 0.256 e. The third-order valence-electron chi connectivity index (χ3n) is 4.29. The highest BCUT2D eigenvalue weighted by atomic mass is 16.2. The Labute approximate surface area is 141 Å². The van der Waals surface area contributed by atoms with Crippen LogP contribution in [0.5, 0.6) is 0 Å².